The Kier molecular flexibility index (Phi) is 5.89. The third-order valence-electron chi connectivity index (χ3n) is 4.47. The maximum Gasteiger partial charge on any atom is 0.573 e. The van der Waals surface area contributed by atoms with Gasteiger partial charge in [0.2, 0.25) is 0 Å². The minimum atomic E-state index is -4.80. The number of imidazole rings is 1. The summed E-state index contributed by atoms with van der Waals surface area (Å²) >= 11 is 6.08. The fourth-order valence-electron chi connectivity index (χ4n) is 3.04. The summed E-state index contributed by atoms with van der Waals surface area (Å²) in [4.78, 5) is 18.3. The molecule has 0 radical (unpaired) electrons. The molecule has 0 saturated heterocycles. The minimum Gasteiger partial charge on any atom is -0.443 e. The number of rotatable bonds is 6. The standard InChI is InChI=1S/C19H14ClF3N4O5/c20-15-5-12(32-19(21,22)23)2-3-14(15)16-4-1-11(6-24-16)9-30-13-7-26-8-17(27(28)29)25-18(26)31-10-13/h1-6,8,13H,7,9-10H2/t13-/m1/s1. The van der Waals surface area contributed by atoms with Crippen molar-refractivity contribution < 1.29 is 32.3 Å². The molecule has 3 heterocycles. The lowest BCUT2D eigenvalue weighted by Gasteiger charge is -2.22. The van der Waals surface area contributed by atoms with E-state index in [9.17, 15) is 23.3 Å². The third kappa shape index (κ3) is 5.08. The van der Waals surface area contributed by atoms with Crippen molar-refractivity contribution in [2.24, 2.45) is 0 Å². The number of benzene rings is 1. The molecule has 4 rings (SSSR count). The van der Waals surface area contributed by atoms with Crippen LogP contribution < -0.4 is 9.47 Å². The summed E-state index contributed by atoms with van der Waals surface area (Å²) < 4.78 is 53.5. The van der Waals surface area contributed by atoms with Gasteiger partial charge < -0.3 is 24.3 Å². The van der Waals surface area contributed by atoms with Gasteiger partial charge in [0.05, 0.1) is 23.9 Å². The van der Waals surface area contributed by atoms with Gasteiger partial charge in [0.25, 0.3) is 0 Å². The number of aromatic nitrogens is 3. The molecule has 0 unspecified atom stereocenters. The number of hydrogen-bond acceptors (Lipinski definition) is 7. The van der Waals surface area contributed by atoms with Crippen molar-refractivity contribution in [2.75, 3.05) is 6.61 Å². The molecule has 0 fully saturated rings. The molecular formula is C19H14ClF3N4O5. The maximum absolute atomic E-state index is 12.3. The van der Waals surface area contributed by atoms with E-state index in [1.165, 1.54) is 16.8 Å². The zero-order chi connectivity index (χ0) is 22.9. The van der Waals surface area contributed by atoms with Crippen molar-refractivity contribution in [2.45, 2.75) is 25.6 Å². The molecule has 32 heavy (non-hydrogen) atoms. The van der Waals surface area contributed by atoms with Crippen LogP contribution >= 0.6 is 11.6 Å². The molecular weight excluding hydrogens is 457 g/mol. The Balaban J connectivity index is 1.37. The van der Waals surface area contributed by atoms with Gasteiger partial charge in [-0.15, -0.1) is 13.2 Å². The van der Waals surface area contributed by atoms with Gasteiger partial charge in [0.15, 0.2) is 0 Å². The molecule has 0 N–H and O–H groups in total. The van der Waals surface area contributed by atoms with Gasteiger partial charge in [0, 0.05) is 16.7 Å². The number of pyridine rings is 1. The molecule has 1 aliphatic heterocycles. The Bertz CT molecular complexity index is 1140. The topological polar surface area (TPSA) is 102 Å². The van der Waals surface area contributed by atoms with Crippen LogP contribution in [0.2, 0.25) is 5.02 Å². The highest BCUT2D eigenvalue weighted by Gasteiger charge is 2.31. The van der Waals surface area contributed by atoms with Crippen LogP contribution in [-0.4, -0.2) is 38.5 Å². The third-order valence-corrected chi connectivity index (χ3v) is 4.79. The number of fused-ring (bicyclic) bond motifs is 1. The van der Waals surface area contributed by atoms with E-state index in [0.29, 0.717) is 17.8 Å². The number of nitro groups is 1. The van der Waals surface area contributed by atoms with E-state index >= 15 is 0 Å². The van der Waals surface area contributed by atoms with Crippen molar-refractivity contribution in [3.63, 3.8) is 0 Å². The highest BCUT2D eigenvalue weighted by Crippen LogP contribution is 2.32. The van der Waals surface area contributed by atoms with E-state index in [4.69, 9.17) is 21.1 Å². The number of halogens is 4. The molecule has 1 aliphatic rings. The smallest absolute Gasteiger partial charge is 0.443 e. The summed E-state index contributed by atoms with van der Waals surface area (Å²) in [6, 6.07) is 7.20. The Morgan fingerprint density at radius 1 is 1.31 bits per heavy atom. The first-order valence-electron chi connectivity index (χ1n) is 9.14. The van der Waals surface area contributed by atoms with Gasteiger partial charge in [-0.2, -0.15) is 0 Å². The number of alkyl halides is 3. The fourth-order valence-corrected chi connectivity index (χ4v) is 3.31. The van der Waals surface area contributed by atoms with E-state index in [-0.39, 0.29) is 36.2 Å². The van der Waals surface area contributed by atoms with Crippen LogP contribution in [0.15, 0.2) is 42.7 Å². The highest BCUT2D eigenvalue weighted by atomic mass is 35.5. The summed E-state index contributed by atoms with van der Waals surface area (Å²) in [6.45, 7) is 0.755. The van der Waals surface area contributed by atoms with Crippen LogP contribution in [0.25, 0.3) is 11.3 Å². The minimum absolute atomic E-state index is 0.0628. The number of ether oxygens (including phenoxy) is 3. The second kappa shape index (κ2) is 8.63. The molecule has 0 bridgehead atoms. The second-order valence-corrected chi connectivity index (χ2v) is 7.18. The monoisotopic (exact) mass is 470 g/mol. The van der Waals surface area contributed by atoms with Crippen LogP contribution in [0.4, 0.5) is 19.0 Å². The summed E-state index contributed by atoms with van der Waals surface area (Å²) in [7, 11) is 0. The fraction of sp³-hybridized carbons (Fsp3) is 0.263. The van der Waals surface area contributed by atoms with Gasteiger partial charge in [-0.25, -0.2) is 0 Å². The predicted octanol–water partition coefficient (Wildman–Crippen LogP) is 4.38. The summed E-state index contributed by atoms with van der Waals surface area (Å²) in [5, 5.41) is 10.9. The van der Waals surface area contributed by atoms with Crippen molar-refractivity contribution in [3.8, 4) is 23.0 Å². The van der Waals surface area contributed by atoms with Gasteiger partial charge in [0.1, 0.15) is 24.7 Å². The van der Waals surface area contributed by atoms with Crippen molar-refractivity contribution in [3.05, 3.63) is 63.4 Å². The maximum atomic E-state index is 12.3. The highest BCUT2D eigenvalue weighted by molar-refractivity contribution is 6.33. The molecule has 9 nitrogen and oxygen atoms in total. The molecule has 0 amide bonds. The SMILES string of the molecule is O=[N+]([O-])c1cn2c(n1)OC[C@H](OCc1ccc(-c3ccc(OC(F)(F)F)cc3Cl)nc1)C2. The van der Waals surface area contributed by atoms with Crippen molar-refractivity contribution in [1.29, 1.82) is 0 Å². The summed E-state index contributed by atoms with van der Waals surface area (Å²) in [5.41, 5.74) is 1.65. The summed E-state index contributed by atoms with van der Waals surface area (Å²) in [5.74, 6) is -0.713. The van der Waals surface area contributed by atoms with E-state index in [2.05, 4.69) is 14.7 Å². The zero-order valence-electron chi connectivity index (χ0n) is 16.1. The molecule has 0 saturated carbocycles. The zero-order valence-corrected chi connectivity index (χ0v) is 16.8. The van der Waals surface area contributed by atoms with Crippen molar-refractivity contribution in [1.82, 2.24) is 14.5 Å². The average Bonchev–Trinajstić information content (AvgIpc) is 3.16. The van der Waals surface area contributed by atoms with E-state index < -0.39 is 17.0 Å². The lowest BCUT2D eigenvalue weighted by atomic mass is 10.1. The molecule has 1 atom stereocenters. The van der Waals surface area contributed by atoms with Crippen LogP contribution in [0.3, 0.4) is 0 Å². The first-order valence-corrected chi connectivity index (χ1v) is 9.52. The van der Waals surface area contributed by atoms with Crippen LogP contribution in [-0.2, 0) is 17.9 Å². The molecule has 3 aromatic rings. The average molecular weight is 471 g/mol. The quantitative estimate of drug-likeness (QED) is 0.389. The molecule has 1 aromatic carbocycles. The van der Waals surface area contributed by atoms with E-state index in [1.807, 2.05) is 0 Å². The molecule has 0 aliphatic carbocycles. The molecule has 0 spiro atoms. The van der Waals surface area contributed by atoms with Gasteiger partial charge in [-0.1, -0.05) is 17.7 Å². The van der Waals surface area contributed by atoms with Gasteiger partial charge in [-0.3, -0.25) is 9.55 Å². The second-order valence-electron chi connectivity index (χ2n) is 6.78. The first-order chi connectivity index (χ1) is 15.2. The normalized spacial score (nSPS) is 15.7. The van der Waals surface area contributed by atoms with E-state index in [1.54, 1.807) is 18.3 Å². The summed E-state index contributed by atoms with van der Waals surface area (Å²) in [6.07, 6.45) is -2.30. The Labute approximate surface area is 183 Å². The van der Waals surface area contributed by atoms with Crippen LogP contribution in [0.1, 0.15) is 5.56 Å². The Hall–Kier alpha value is -3.38. The largest absolute Gasteiger partial charge is 0.573 e. The van der Waals surface area contributed by atoms with Crippen LogP contribution in [0.5, 0.6) is 11.8 Å². The number of hydrogen-bond donors (Lipinski definition) is 0. The van der Waals surface area contributed by atoms with Crippen molar-refractivity contribution >= 4 is 17.4 Å². The van der Waals surface area contributed by atoms with Crippen LogP contribution in [0, 0.1) is 10.1 Å². The molecule has 168 valence electrons. The van der Waals surface area contributed by atoms with Gasteiger partial charge >= 0.3 is 18.2 Å². The van der Waals surface area contributed by atoms with E-state index in [0.717, 1.165) is 17.7 Å². The predicted molar refractivity (Wildman–Crippen MR) is 104 cm³/mol. The Morgan fingerprint density at radius 3 is 2.78 bits per heavy atom. The molecule has 2 aromatic heterocycles. The molecule has 13 heteroatoms. The first kappa shape index (κ1) is 21.8. The lowest BCUT2D eigenvalue weighted by molar-refractivity contribution is -0.389. The lowest BCUT2D eigenvalue weighted by Crippen LogP contribution is -2.32. The number of nitrogens with zero attached hydrogens (tertiary/aromatic N) is 4. The van der Waals surface area contributed by atoms with Gasteiger partial charge in [-0.05, 0) is 34.8 Å². The Morgan fingerprint density at radius 2 is 2.12 bits per heavy atom.